The first kappa shape index (κ1) is 16.5. The standard InChI is InChI=1S/C17H14Cl2N4O/c1-11(14-8-7-12(18)9-15(14)19)20-17(24)16-10-23(22-21-16)13-5-3-2-4-6-13/h2-11H,1H3,(H,20,24). The van der Waals surface area contributed by atoms with E-state index in [1.807, 2.05) is 37.3 Å². The number of benzene rings is 2. The van der Waals surface area contributed by atoms with Crippen LogP contribution in [0, 0.1) is 0 Å². The normalized spacial score (nSPS) is 12.0. The molecule has 1 aromatic heterocycles. The fourth-order valence-corrected chi connectivity index (χ4v) is 2.85. The molecular formula is C17H14Cl2N4O. The SMILES string of the molecule is CC(NC(=O)c1cn(-c2ccccc2)nn1)c1ccc(Cl)cc1Cl. The molecule has 0 spiro atoms. The summed E-state index contributed by atoms with van der Waals surface area (Å²) in [5, 5.41) is 11.8. The number of aromatic nitrogens is 3. The Morgan fingerprint density at radius 2 is 1.92 bits per heavy atom. The molecule has 0 saturated heterocycles. The number of para-hydroxylation sites is 1. The number of halogens is 2. The molecule has 1 unspecified atom stereocenters. The lowest BCUT2D eigenvalue weighted by molar-refractivity contribution is 0.0935. The van der Waals surface area contributed by atoms with E-state index in [1.165, 1.54) is 0 Å². The number of carbonyl (C=O) groups excluding carboxylic acids is 1. The molecule has 0 saturated carbocycles. The van der Waals surface area contributed by atoms with Crippen LogP contribution >= 0.6 is 23.2 Å². The summed E-state index contributed by atoms with van der Waals surface area (Å²) in [4.78, 5) is 12.4. The van der Waals surface area contributed by atoms with Crippen molar-refractivity contribution in [3.05, 3.63) is 76.0 Å². The van der Waals surface area contributed by atoms with E-state index in [4.69, 9.17) is 23.2 Å². The van der Waals surface area contributed by atoms with Gasteiger partial charge >= 0.3 is 0 Å². The van der Waals surface area contributed by atoms with E-state index in [0.717, 1.165) is 11.3 Å². The maximum Gasteiger partial charge on any atom is 0.273 e. The Morgan fingerprint density at radius 1 is 1.17 bits per heavy atom. The van der Waals surface area contributed by atoms with Gasteiger partial charge in [-0.15, -0.1) is 5.10 Å². The van der Waals surface area contributed by atoms with Crippen LogP contribution in [0.4, 0.5) is 0 Å². The first-order valence-electron chi connectivity index (χ1n) is 7.28. The molecule has 3 aromatic rings. The first-order valence-corrected chi connectivity index (χ1v) is 8.04. The molecule has 1 amide bonds. The molecule has 1 N–H and O–H groups in total. The van der Waals surface area contributed by atoms with Gasteiger partial charge in [-0.3, -0.25) is 4.79 Å². The van der Waals surface area contributed by atoms with E-state index in [2.05, 4.69) is 15.6 Å². The Hall–Kier alpha value is -2.37. The third-order valence-corrected chi connectivity index (χ3v) is 4.09. The molecule has 0 radical (unpaired) electrons. The van der Waals surface area contributed by atoms with Gasteiger partial charge in [-0.25, -0.2) is 4.68 Å². The summed E-state index contributed by atoms with van der Waals surface area (Å²) in [6, 6.07) is 14.3. The predicted molar refractivity (Wildman–Crippen MR) is 93.7 cm³/mol. The number of amides is 1. The lowest BCUT2D eigenvalue weighted by Gasteiger charge is -2.15. The zero-order chi connectivity index (χ0) is 17.1. The van der Waals surface area contributed by atoms with Crippen LogP contribution in [0.3, 0.4) is 0 Å². The molecule has 1 atom stereocenters. The van der Waals surface area contributed by atoms with Gasteiger partial charge in [0, 0.05) is 10.0 Å². The van der Waals surface area contributed by atoms with Gasteiger partial charge in [0.15, 0.2) is 5.69 Å². The van der Waals surface area contributed by atoms with E-state index >= 15 is 0 Å². The Labute approximate surface area is 149 Å². The number of carbonyl (C=O) groups is 1. The zero-order valence-corrected chi connectivity index (χ0v) is 14.3. The van der Waals surface area contributed by atoms with E-state index in [9.17, 15) is 4.79 Å². The molecule has 0 aliphatic rings. The van der Waals surface area contributed by atoms with Crippen LogP contribution in [0.2, 0.25) is 10.0 Å². The molecule has 122 valence electrons. The van der Waals surface area contributed by atoms with Gasteiger partial charge in [0.05, 0.1) is 17.9 Å². The number of hydrogen-bond donors (Lipinski definition) is 1. The summed E-state index contributed by atoms with van der Waals surface area (Å²) in [6.45, 7) is 1.84. The first-order chi connectivity index (χ1) is 11.5. The highest BCUT2D eigenvalue weighted by Crippen LogP contribution is 2.26. The summed E-state index contributed by atoms with van der Waals surface area (Å²) < 4.78 is 1.55. The van der Waals surface area contributed by atoms with Crippen molar-refractivity contribution in [3.8, 4) is 5.69 Å². The highest BCUT2D eigenvalue weighted by atomic mass is 35.5. The summed E-state index contributed by atoms with van der Waals surface area (Å²) in [5.41, 5.74) is 1.85. The molecule has 5 nitrogen and oxygen atoms in total. The molecule has 0 bridgehead atoms. The second-order valence-corrected chi connectivity index (χ2v) is 6.09. The fourth-order valence-electron chi connectivity index (χ4n) is 2.28. The van der Waals surface area contributed by atoms with Crippen molar-refractivity contribution in [2.24, 2.45) is 0 Å². The second kappa shape index (κ2) is 7.03. The summed E-state index contributed by atoms with van der Waals surface area (Å²) in [6.07, 6.45) is 1.58. The molecule has 2 aromatic carbocycles. The van der Waals surface area contributed by atoms with Crippen molar-refractivity contribution >= 4 is 29.1 Å². The molecule has 3 rings (SSSR count). The maximum atomic E-state index is 12.4. The minimum Gasteiger partial charge on any atom is -0.344 e. The van der Waals surface area contributed by atoms with Crippen molar-refractivity contribution in [2.75, 3.05) is 0 Å². The number of hydrogen-bond acceptors (Lipinski definition) is 3. The average Bonchev–Trinajstić information content (AvgIpc) is 3.05. The van der Waals surface area contributed by atoms with E-state index in [1.54, 1.807) is 29.1 Å². The van der Waals surface area contributed by atoms with Crippen LogP contribution in [-0.4, -0.2) is 20.9 Å². The molecule has 0 aliphatic carbocycles. The highest BCUT2D eigenvalue weighted by Gasteiger charge is 2.17. The third-order valence-electron chi connectivity index (χ3n) is 3.52. The minimum absolute atomic E-state index is 0.232. The van der Waals surface area contributed by atoms with E-state index in [0.29, 0.717) is 10.0 Å². The molecule has 0 fully saturated rings. The average molecular weight is 361 g/mol. The lowest BCUT2D eigenvalue weighted by Crippen LogP contribution is -2.27. The van der Waals surface area contributed by atoms with Gasteiger partial charge in [-0.2, -0.15) is 0 Å². The van der Waals surface area contributed by atoms with Crippen LogP contribution in [0.25, 0.3) is 5.69 Å². The molecular weight excluding hydrogens is 347 g/mol. The van der Waals surface area contributed by atoms with Crippen LogP contribution in [0.1, 0.15) is 29.0 Å². The van der Waals surface area contributed by atoms with Crippen molar-refractivity contribution in [2.45, 2.75) is 13.0 Å². The number of nitrogens with zero attached hydrogens (tertiary/aromatic N) is 3. The monoisotopic (exact) mass is 360 g/mol. The second-order valence-electron chi connectivity index (χ2n) is 5.24. The van der Waals surface area contributed by atoms with Crippen molar-refractivity contribution in [1.29, 1.82) is 0 Å². The summed E-state index contributed by atoms with van der Waals surface area (Å²) in [5.74, 6) is -0.323. The minimum atomic E-state index is -0.323. The summed E-state index contributed by atoms with van der Waals surface area (Å²) in [7, 11) is 0. The van der Waals surface area contributed by atoms with Crippen molar-refractivity contribution in [1.82, 2.24) is 20.3 Å². The molecule has 7 heteroatoms. The van der Waals surface area contributed by atoms with Crippen LogP contribution in [0.5, 0.6) is 0 Å². The zero-order valence-electron chi connectivity index (χ0n) is 12.8. The molecule has 1 heterocycles. The Balaban J connectivity index is 1.74. The maximum absolute atomic E-state index is 12.4. The molecule has 24 heavy (non-hydrogen) atoms. The fraction of sp³-hybridized carbons (Fsp3) is 0.118. The van der Waals surface area contributed by atoms with Gasteiger partial charge in [0.1, 0.15) is 0 Å². The largest absolute Gasteiger partial charge is 0.344 e. The van der Waals surface area contributed by atoms with Crippen molar-refractivity contribution in [3.63, 3.8) is 0 Å². The van der Waals surface area contributed by atoms with Gasteiger partial charge < -0.3 is 5.32 Å². The summed E-state index contributed by atoms with van der Waals surface area (Å²) >= 11 is 12.1. The van der Waals surface area contributed by atoms with Crippen LogP contribution in [-0.2, 0) is 0 Å². The highest BCUT2D eigenvalue weighted by molar-refractivity contribution is 6.35. The van der Waals surface area contributed by atoms with E-state index < -0.39 is 0 Å². The smallest absolute Gasteiger partial charge is 0.273 e. The van der Waals surface area contributed by atoms with E-state index in [-0.39, 0.29) is 17.6 Å². The lowest BCUT2D eigenvalue weighted by atomic mass is 10.1. The number of nitrogens with one attached hydrogen (secondary N) is 1. The quantitative estimate of drug-likeness (QED) is 0.762. The number of rotatable bonds is 4. The van der Waals surface area contributed by atoms with Crippen LogP contribution < -0.4 is 5.32 Å². The van der Waals surface area contributed by atoms with Gasteiger partial charge in [0.2, 0.25) is 0 Å². The van der Waals surface area contributed by atoms with Gasteiger partial charge in [-0.1, -0.05) is 52.7 Å². The van der Waals surface area contributed by atoms with Crippen LogP contribution in [0.15, 0.2) is 54.7 Å². The topological polar surface area (TPSA) is 59.8 Å². The van der Waals surface area contributed by atoms with Gasteiger partial charge in [0.25, 0.3) is 5.91 Å². The predicted octanol–water partition coefficient (Wildman–Crippen LogP) is 4.07. The van der Waals surface area contributed by atoms with Crippen molar-refractivity contribution < 1.29 is 4.79 Å². The Bertz CT molecular complexity index is 864. The molecule has 0 aliphatic heterocycles. The van der Waals surface area contributed by atoms with Gasteiger partial charge in [-0.05, 0) is 36.8 Å². The Kier molecular flexibility index (Phi) is 4.83. The Morgan fingerprint density at radius 3 is 2.62 bits per heavy atom. The third kappa shape index (κ3) is 3.58.